The van der Waals surface area contributed by atoms with Crippen LogP contribution < -0.4 is 0 Å². The topological polar surface area (TPSA) is 80.7 Å². The first-order valence-corrected chi connectivity index (χ1v) is 7.46. The maximum absolute atomic E-state index is 11.4. The van der Waals surface area contributed by atoms with Crippen molar-refractivity contribution in [2.75, 3.05) is 12.0 Å². The summed E-state index contributed by atoms with van der Waals surface area (Å²) in [6.07, 6.45) is 3.12. The lowest BCUT2D eigenvalue weighted by atomic mass is 9.72. The van der Waals surface area contributed by atoms with E-state index in [9.17, 15) is 18.3 Å². The van der Waals surface area contributed by atoms with Crippen molar-refractivity contribution in [2.45, 2.75) is 37.9 Å². The number of carbonyl (C=O) groups is 1. The largest absolute Gasteiger partial charge is 0.481 e. The van der Waals surface area contributed by atoms with Crippen molar-refractivity contribution < 1.29 is 23.1 Å². The molecule has 5 nitrogen and oxygen atoms in total. The Morgan fingerprint density at radius 1 is 1.50 bits per heavy atom. The molecule has 0 amide bonds. The van der Waals surface area contributed by atoms with Gasteiger partial charge in [0.1, 0.15) is 9.84 Å². The van der Waals surface area contributed by atoms with Gasteiger partial charge in [-0.2, -0.15) is 0 Å². The van der Waals surface area contributed by atoms with Crippen LogP contribution in [-0.2, 0) is 19.4 Å². The predicted molar refractivity (Wildman–Crippen MR) is 56.9 cm³/mol. The second-order valence-corrected chi connectivity index (χ2v) is 7.13. The van der Waals surface area contributed by atoms with Crippen LogP contribution in [0.1, 0.15) is 25.7 Å². The average molecular weight is 248 g/mol. The van der Waals surface area contributed by atoms with Gasteiger partial charge < -0.3 is 9.84 Å². The third-order valence-electron chi connectivity index (χ3n) is 3.66. The van der Waals surface area contributed by atoms with E-state index < -0.39 is 21.2 Å². The fourth-order valence-corrected chi connectivity index (χ4v) is 3.50. The Morgan fingerprint density at radius 3 is 2.56 bits per heavy atom. The summed E-state index contributed by atoms with van der Waals surface area (Å²) in [4.78, 5) is 11.4. The van der Waals surface area contributed by atoms with E-state index in [2.05, 4.69) is 0 Å². The number of ether oxygens (including phenoxy) is 1. The average Bonchev–Trinajstić information content (AvgIpc) is 2.72. The molecule has 16 heavy (non-hydrogen) atoms. The number of carboxylic acid groups (broad SMARTS) is 1. The molecule has 6 heteroatoms. The number of hydrogen-bond acceptors (Lipinski definition) is 4. The molecular formula is C10H16O5S. The van der Waals surface area contributed by atoms with Gasteiger partial charge >= 0.3 is 5.97 Å². The van der Waals surface area contributed by atoms with E-state index in [1.807, 2.05) is 0 Å². The van der Waals surface area contributed by atoms with Crippen molar-refractivity contribution in [1.82, 2.24) is 0 Å². The van der Waals surface area contributed by atoms with E-state index in [0.29, 0.717) is 6.42 Å². The zero-order valence-electron chi connectivity index (χ0n) is 9.18. The quantitative estimate of drug-likeness (QED) is 0.781. The highest BCUT2D eigenvalue weighted by Crippen LogP contribution is 2.50. The van der Waals surface area contributed by atoms with Gasteiger partial charge in [0.05, 0.1) is 23.4 Å². The van der Waals surface area contributed by atoms with E-state index in [1.165, 1.54) is 0 Å². The Kier molecular flexibility index (Phi) is 2.74. The highest BCUT2D eigenvalue weighted by atomic mass is 32.2. The molecular weight excluding hydrogens is 232 g/mol. The zero-order valence-corrected chi connectivity index (χ0v) is 10.00. The van der Waals surface area contributed by atoms with E-state index in [1.54, 1.807) is 0 Å². The number of hydrogen-bond donors (Lipinski definition) is 1. The number of aliphatic carboxylic acids is 1. The standard InChI is InChI=1S/C10H16O5S/c1-16(13,14)5-4-10(9(11)12)6-7-2-3-8(10)15-7/h7-8H,2-6H2,1H3,(H,11,12). The van der Waals surface area contributed by atoms with Gasteiger partial charge in [-0.1, -0.05) is 0 Å². The van der Waals surface area contributed by atoms with Crippen molar-refractivity contribution in [3.8, 4) is 0 Å². The van der Waals surface area contributed by atoms with Crippen molar-refractivity contribution >= 4 is 15.8 Å². The van der Waals surface area contributed by atoms with Crippen LogP contribution in [0.3, 0.4) is 0 Å². The van der Waals surface area contributed by atoms with Crippen molar-refractivity contribution in [2.24, 2.45) is 5.41 Å². The van der Waals surface area contributed by atoms with Gasteiger partial charge in [-0.3, -0.25) is 4.79 Å². The molecule has 3 atom stereocenters. The first kappa shape index (κ1) is 11.9. The van der Waals surface area contributed by atoms with Gasteiger partial charge in [0.25, 0.3) is 0 Å². The first-order chi connectivity index (χ1) is 7.33. The minimum Gasteiger partial charge on any atom is -0.481 e. The van der Waals surface area contributed by atoms with E-state index in [-0.39, 0.29) is 24.4 Å². The zero-order chi connectivity index (χ0) is 12.0. The molecule has 3 unspecified atom stereocenters. The van der Waals surface area contributed by atoms with E-state index in [0.717, 1.165) is 19.1 Å². The van der Waals surface area contributed by atoms with Crippen molar-refractivity contribution in [3.05, 3.63) is 0 Å². The summed E-state index contributed by atoms with van der Waals surface area (Å²) >= 11 is 0. The fourth-order valence-electron chi connectivity index (χ4n) is 2.76. The highest BCUT2D eigenvalue weighted by Gasteiger charge is 2.57. The van der Waals surface area contributed by atoms with Crippen LogP contribution in [0.2, 0.25) is 0 Å². The Labute approximate surface area is 94.7 Å². The van der Waals surface area contributed by atoms with Crippen LogP contribution in [0.5, 0.6) is 0 Å². The van der Waals surface area contributed by atoms with Gasteiger partial charge in [0.2, 0.25) is 0 Å². The molecule has 2 heterocycles. The van der Waals surface area contributed by atoms with Gasteiger partial charge in [0.15, 0.2) is 0 Å². The molecule has 1 N–H and O–H groups in total. The van der Waals surface area contributed by atoms with Crippen LogP contribution >= 0.6 is 0 Å². The number of sulfone groups is 1. The minimum absolute atomic E-state index is 0.0145. The molecule has 2 aliphatic rings. The fraction of sp³-hybridized carbons (Fsp3) is 0.900. The van der Waals surface area contributed by atoms with Crippen LogP contribution in [0.25, 0.3) is 0 Å². The number of carboxylic acids is 1. The molecule has 0 aromatic heterocycles. The van der Waals surface area contributed by atoms with Crippen LogP contribution in [-0.4, -0.2) is 43.7 Å². The second kappa shape index (κ2) is 3.70. The molecule has 0 saturated carbocycles. The third-order valence-corrected chi connectivity index (χ3v) is 4.61. The summed E-state index contributed by atoms with van der Waals surface area (Å²) in [6, 6.07) is 0. The maximum Gasteiger partial charge on any atom is 0.312 e. The highest BCUT2D eigenvalue weighted by molar-refractivity contribution is 7.90. The Bertz CT molecular complexity index is 401. The smallest absolute Gasteiger partial charge is 0.312 e. The molecule has 0 aromatic rings. The van der Waals surface area contributed by atoms with Crippen molar-refractivity contribution in [3.63, 3.8) is 0 Å². The molecule has 2 saturated heterocycles. The predicted octanol–water partition coefficient (Wildman–Crippen LogP) is 0.443. The molecule has 92 valence electrons. The number of fused-ring (bicyclic) bond motifs is 2. The summed E-state index contributed by atoms with van der Waals surface area (Å²) in [6.45, 7) is 0. The number of rotatable bonds is 4. The lowest BCUT2D eigenvalue weighted by molar-refractivity contribution is -0.152. The Balaban J connectivity index is 2.15. The van der Waals surface area contributed by atoms with E-state index in [4.69, 9.17) is 4.74 Å². The molecule has 2 rings (SSSR count). The molecule has 2 fully saturated rings. The maximum atomic E-state index is 11.4. The van der Waals surface area contributed by atoms with Crippen LogP contribution in [0.15, 0.2) is 0 Å². The lowest BCUT2D eigenvalue weighted by Crippen LogP contribution is -2.41. The Hall–Kier alpha value is -0.620. The molecule has 0 spiro atoms. The molecule has 0 aromatic carbocycles. The molecule has 0 aliphatic carbocycles. The summed E-state index contributed by atoms with van der Waals surface area (Å²) in [7, 11) is -3.12. The SMILES string of the molecule is CS(=O)(=O)CCC1(C(=O)O)CC2CCC1O2. The monoisotopic (exact) mass is 248 g/mol. The third kappa shape index (κ3) is 1.96. The summed E-state index contributed by atoms with van der Waals surface area (Å²) in [5.74, 6) is -0.991. The molecule has 2 bridgehead atoms. The normalized spacial score (nSPS) is 37.8. The van der Waals surface area contributed by atoms with E-state index >= 15 is 0 Å². The molecule has 2 aliphatic heterocycles. The Morgan fingerprint density at radius 2 is 2.19 bits per heavy atom. The van der Waals surface area contributed by atoms with Gasteiger partial charge in [-0.15, -0.1) is 0 Å². The molecule has 0 radical (unpaired) electrons. The van der Waals surface area contributed by atoms with Crippen LogP contribution in [0.4, 0.5) is 0 Å². The van der Waals surface area contributed by atoms with Gasteiger partial charge in [0, 0.05) is 6.26 Å². The minimum atomic E-state index is -3.12. The van der Waals surface area contributed by atoms with Gasteiger partial charge in [-0.05, 0) is 25.7 Å². The summed E-state index contributed by atoms with van der Waals surface area (Å²) in [5, 5.41) is 9.31. The van der Waals surface area contributed by atoms with Crippen LogP contribution in [0, 0.1) is 5.41 Å². The lowest BCUT2D eigenvalue weighted by Gasteiger charge is -2.30. The summed E-state index contributed by atoms with van der Waals surface area (Å²) < 4.78 is 27.8. The first-order valence-electron chi connectivity index (χ1n) is 5.40. The second-order valence-electron chi connectivity index (χ2n) is 4.87. The van der Waals surface area contributed by atoms with Crippen molar-refractivity contribution in [1.29, 1.82) is 0 Å². The van der Waals surface area contributed by atoms with Gasteiger partial charge in [-0.25, -0.2) is 8.42 Å². The summed E-state index contributed by atoms with van der Waals surface area (Å²) in [5.41, 5.74) is -0.966.